The summed E-state index contributed by atoms with van der Waals surface area (Å²) in [7, 11) is 0. The molecule has 0 fully saturated rings. The Hall–Kier alpha value is -1.87. The second-order valence-electron chi connectivity index (χ2n) is 4.84. The summed E-state index contributed by atoms with van der Waals surface area (Å²) in [6.45, 7) is 2.89. The largest absolute Gasteiger partial charge is 0.380 e. The van der Waals surface area contributed by atoms with Gasteiger partial charge in [0.1, 0.15) is 0 Å². The van der Waals surface area contributed by atoms with Crippen LogP contribution < -0.4 is 5.32 Å². The van der Waals surface area contributed by atoms with Gasteiger partial charge in [-0.05, 0) is 41.6 Å². The van der Waals surface area contributed by atoms with Gasteiger partial charge in [-0.15, -0.1) is 0 Å². The van der Waals surface area contributed by atoms with E-state index in [4.69, 9.17) is 0 Å². The molecule has 2 aromatic carbocycles. The fourth-order valence-corrected chi connectivity index (χ4v) is 2.64. The molecule has 1 aromatic heterocycles. The van der Waals surface area contributed by atoms with Crippen LogP contribution in [0.4, 0.5) is 5.69 Å². The summed E-state index contributed by atoms with van der Waals surface area (Å²) in [5, 5.41) is 5.85. The lowest BCUT2D eigenvalue weighted by molar-refractivity contribution is 1.14. The number of nitrogens with one attached hydrogen (secondary N) is 1. The second-order valence-corrected chi connectivity index (χ2v) is 5.69. The number of aromatic nitrogens is 1. The van der Waals surface area contributed by atoms with E-state index in [2.05, 4.69) is 69.6 Å². The molecule has 0 radical (unpaired) electrons. The van der Waals surface area contributed by atoms with Crippen LogP contribution in [0.25, 0.3) is 10.8 Å². The molecule has 3 aromatic rings. The van der Waals surface area contributed by atoms with Crippen LogP contribution in [0.1, 0.15) is 11.1 Å². The number of rotatable bonds is 3. The molecule has 0 atom stereocenters. The van der Waals surface area contributed by atoms with Crippen molar-refractivity contribution in [3.8, 4) is 0 Å². The molecule has 0 aliphatic heterocycles. The molecule has 1 N–H and O–H groups in total. The molecule has 0 saturated carbocycles. The Morgan fingerprint density at radius 2 is 2.05 bits per heavy atom. The molecule has 0 bridgehead atoms. The number of aryl methyl sites for hydroxylation is 1. The van der Waals surface area contributed by atoms with Crippen molar-refractivity contribution >= 4 is 32.4 Å². The summed E-state index contributed by atoms with van der Waals surface area (Å²) in [5.74, 6) is 0. The summed E-state index contributed by atoms with van der Waals surface area (Å²) in [6.07, 6.45) is 3.73. The topological polar surface area (TPSA) is 24.9 Å². The van der Waals surface area contributed by atoms with Crippen molar-refractivity contribution in [3.63, 3.8) is 0 Å². The molecular weight excluding hydrogens is 312 g/mol. The predicted molar refractivity (Wildman–Crippen MR) is 87.9 cm³/mol. The minimum atomic E-state index is 0.798. The van der Waals surface area contributed by atoms with Crippen LogP contribution in [0.2, 0.25) is 0 Å². The van der Waals surface area contributed by atoms with Gasteiger partial charge < -0.3 is 5.32 Å². The van der Waals surface area contributed by atoms with Gasteiger partial charge in [0.25, 0.3) is 0 Å². The Morgan fingerprint density at radius 3 is 2.90 bits per heavy atom. The van der Waals surface area contributed by atoms with Crippen molar-refractivity contribution < 1.29 is 0 Å². The number of halogens is 1. The number of pyridine rings is 1. The number of fused-ring (bicyclic) bond motifs is 1. The van der Waals surface area contributed by atoms with E-state index < -0.39 is 0 Å². The second kappa shape index (κ2) is 5.63. The van der Waals surface area contributed by atoms with Crippen molar-refractivity contribution in [1.82, 2.24) is 4.98 Å². The first-order valence-corrected chi connectivity index (χ1v) is 7.35. The van der Waals surface area contributed by atoms with Crippen LogP contribution in [-0.2, 0) is 6.54 Å². The maximum atomic E-state index is 4.21. The third-order valence-electron chi connectivity index (χ3n) is 3.40. The highest BCUT2D eigenvalue weighted by atomic mass is 79.9. The van der Waals surface area contributed by atoms with Crippen LogP contribution in [0.15, 0.2) is 59.3 Å². The van der Waals surface area contributed by atoms with E-state index in [1.165, 1.54) is 16.5 Å². The van der Waals surface area contributed by atoms with Gasteiger partial charge in [0.05, 0.1) is 0 Å². The van der Waals surface area contributed by atoms with Gasteiger partial charge in [0, 0.05) is 34.5 Å². The Balaban J connectivity index is 1.85. The first-order chi connectivity index (χ1) is 9.74. The monoisotopic (exact) mass is 326 g/mol. The van der Waals surface area contributed by atoms with E-state index in [1.54, 1.807) is 0 Å². The molecule has 100 valence electrons. The molecule has 1 heterocycles. The lowest BCUT2D eigenvalue weighted by atomic mass is 10.1. The van der Waals surface area contributed by atoms with Crippen molar-refractivity contribution in [2.24, 2.45) is 0 Å². The van der Waals surface area contributed by atoms with E-state index in [1.807, 2.05) is 18.5 Å². The number of hydrogen-bond acceptors (Lipinski definition) is 2. The molecule has 2 nitrogen and oxygen atoms in total. The van der Waals surface area contributed by atoms with Crippen LogP contribution in [0.5, 0.6) is 0 Å². The Labute approximate surface area is 127 Å². The van der Waals surface area contributed by atoms with Crippen LogP contribution in [0.3, 0.4) is 0 Å². The van der Waals surface area contributed by atoms with Crippen LogP contribution in [-0.4, -0.2) is 4.98 Å². The number of benzene rings is 2. The first kappa shape index (κ1) is 13.1. The summed E-state index contributed by atoms with van der Waals surface area (Å²) < 4.78 is 1.15. The minimum absolute atomic E-state index is 0.798. The number of anilines is 1. The Morgan fingerprint density at radius 1 is 1.15 bits per heavy atom. The SMILES string of the molecule is Cc1ccc(CNc2cccc3ccncc23)cc1Br. The molecule has 3 heteroatoms. The third-order valence-corrected chi connectivity index (χ3v) is 4.26. The van der Waals surface area contributed by atoms with E-state index in [0.29, 0.717) is 0 Å². The molecule has 20 heavy (non-hydrogen) atoms. The molecule has 3 rings (SSSR count). The molecular formula is C17H15BrN2. The summed E-state index contributed by atoms with van der Waals surface area (Å²) in [4.78, 5) is 4.21. The first-order valence-electron chi connectivity index (χ1n) is 6.56. The van der Waals surface area contributed by atoms with Crippen LogP contribution in [0, 0.1) is 6.92 Å². The summed E-state index contributed by atoms with van der Waals surface area (Å²) >= 11 is 3.57. The summed E-state index contributed by atoms with van der Waals surface area (Å²) in [6, 6.07) is 14.7. The molecule has 0 aliphatic rings. The predicted octanol–water partition coefficient (Wildman–Crippen LogP) is 4.92. The molecule has 0 amide bonds. The van der Waals surface area contributed by atoms with Crippen molar-refractivity contribution in [1.29, 1.82) is 0 Å². The lowest BCUT2D eigenvalue weighted by Crippen LogP contribution is -2.00. The molecule has 0 spiro atoms. The van der Waals surface area contributed by atoms with E-state index >= 15 is 0 Å². The van der Waals surface area contributed by atoms with Gasteiger partial charge >= 0.3 is 0 Å². The molecule has 0 aliphatic carbocycles. The van der Waals surface area contributed by atoms with Gasteiger partial charge in [-0.1, -0.05) is 40.2 Å². The Bertz CT molecular complexity index is 748. The maximum absolute atomic E-state index is 4.21. The zero-order valence-corrected chi connectivity index (χ0v) is 12.8. The average molecular weight is 327 g/mol. The molecule has 0 saturated heterocycles. The maximum Gasteiger partial charge on any atom is 0.0438 e. The zero-order valence-electron chi connectivity index (χ0n) is 11.2. The van der Waals surface area contributed by atoms with E-state index in [-0.39, 0.29) is 0 Å². The van der Waals surface area contributed by atoms with Crippen molar-refractivity contribution in [2.75, 3.05) is 5.32 Å². The standard InChI is InChI=1S/C17H15BrN2/c1-12-5-6-13(9-16(12)18)10-20-17-4-2-3-14-7-8-19-11-15(14)17/h2-9,11,20H,10H2,1H3. The summed E-state index contributed by atoms with van der Waals surface area (Å²) in [5.41, 5.74) is 3.62. The average Bonchev–Trinajstić information content (AvgIpc) is 2.48. The normalized spacial score (nSPS) is 10.7. The smallest absolute Gasteiger partial charge is 0.0438 e. The Kier molecular flexibility index (Phi) is 3.70. The van der Waals surface area contributed by atoms with E-state index in [9.17, 15) is 0 Å². The van der Waals surface area contributed by atoms with Crippen molar-refractivity contribution in [2.45, 2.75) is 13.5 Å². The van der Waals surface area contributed by atoms with Gasteiger partial charge in [-0.2, -0.15) is 0 Å². The highest BCUT2D eigenvalue weighted by Crippen LogP contribution is 2.23. The quantitative estimate of drug-likeness (QED) is 0.739. The van der Waals surface area contributed by atoms with Crippen molar-refractivity contribution in [3.05, 3.63) is 70.5 Å². The fourth-order valence-electron chi connectivity index (χ4n) is 2.21. The highest BCUT2D eigenvalue weighted by Gasteiger charge is 2.01. The third kappa shape index (κ3) is 2.68. The van der Waals surface area contributed by atoms with E-state index in [0.717, 1.165) is 22.1 Å². The number of nitrogens with zero attached hydrogens (tertiary/aromatic N) is 1. The molecule has 0 unspecified atom stereocenters. The van der Waals surface area contributed by atoms with Gasteiger partial charge in [0.2, 0.25) is 0 Å². The number of hydrogen-bond donors (Lipinski definition) is 1. The van der Waals surface area contributed by atoms with Crippen LogP contribution >= 0.6 is 15.9 Å². The van der Waals surface area contributed by atoms with Gasteiger partial charge in [-0.3, -0.25) is 4.98 Å². The zero-order chi connectivity index (χ0) is 13.9. The van der Waals surface area contributed by atoms with Gasteiger partial charge in [-0.25, -0.2) is 0 Å². The lowest BCUT2D eigenvalue weighted by Gasteiger charge is -2.10. The minimum Gasteiger partial charge on any atom is -0.380 e. The van der Waals surface area contributed by atoms with Gasteiger partial charge in [0.15, 0.2) is 0 Å². The fraction of sp³-hybridized carbons (Fsp3) is 0.118. The highest BCUT2D eigenvalue weighted by molar-refractivity contribution is 9.10.